The van der Waals surface area contributed by atoms with E-state index in [0.717, 1.165) is 25.1 Å². The molecule has 0 unspecified atom stereocenters. The van der Waals surface area contributed by atoms with Gasteiger partial charge in [-0.15, -0.1) is 0 Å². The molecule has 2 amide bonds. The van der Waals surface area contributed by atoms with Gasteiger partial charge >= 0.3 is 6.03 Å². The topological polar surface area (TPSA) is 61.8 Å². The highest BCUT2D eigenvalue weighted by molar-refractivity contribution is 5.75. The van der Waals surface area contributed by atoms with Crippen molar-refractivity contribution in [2.75, 3.05) is 26.7 Å². The largest absolute Gasteiger partial charge is 0.504 e. The molecule has 2 N–H and O–H groups in total. The number of likely N-dealkylation sites (tertiary alicyclic amines) is 1. The molecule has 1 fully saturated rings. The van der Waals surface area contributed by atoms with Gasteiger partial charge in [0, 0.05) is 19.6 Å². The summed E-state index contributed by atoms with van der Waals surface area (Å²) in [6, 6.07) is 13.9. The van der Waals surface area contributed by atoms with E-state index in [0.29, 0.717) is 24.6 Å². The molecule has 26 heavy (non-hydrogen) atoms. The molecule has 0 aliphatic carbocycles. The zero-order valence-electron chi connectivity index (χ0n) is 15.4. The van der Waals surface area contributed by atoms with Crippen molar-refractivity contribution >= 4 is 6.03 Å². The van der Waals surface area contributed by atoms with Crippen LogP contribution in [-0.4, -0.2) is 42.8 Å². The maximum Gasteiger partial charge on any atom is 0.317 e. The molecule has 3 rings (SSSR count). The normalized spacial score (nSPS) is 14.0. The van der Waals surface area contributed by atoms with Gasteiger partial charge in [0.05, 0.1) is 7.11 Å². The predicted molar refractivity (Wildman–Crippen MR) is 102 cm³/mol. The van der Waals surface area contributed by atoms with E-state index >= 15 is 0 Å². The second-order valence-electron chi connectivity index (χ2n) is 6.95. The Labute approximate surface area is 154 Å². The summed E-state index contributed by atoms with van der Waals surface area (Å²) in [6.45, 7) is 4.28. The van der Waals surface area contributed by atoms with Crippen LogP contribution < -0.4 is 10.1 Å². The summed E-state index contributed by atoms with van der Waals surface area (Å²) in [5, 5.41) is 12.6. The molecular formula is C21H26N2O3. The van der Waals surface area contributed by atoms with Gasteiger partial charge in [0.15, 0.2) is 11.5 Å². The molecule has 2 aromatic carbocycles. The van der Waals surface area contributed by atoms with E-state index in [1.807, 2.05) is 11.0 Å². The second-order valence-corrected chi connectivity index (χ2v) is 6.95. The molecule has 0 atom stereocenters. The van der Waals surface area contributed by atoms with Gasteiger partial charge in [-0.1, -0.05) is 35.9 Å². The molecule has 5 nitrogen and oxygen atoms in total. The van der Waals surface area contributed by atoms with Gasteiger partial charge in [-0.05, 0) is 48.9 Å². The number of phenolic OH excluding ortho intramolecular Hbond substituents is 1. The first-order valence-corrected chi connectivity index (χ1v) is 8.99. The molecule has 1 aliphatic heterocycles. The number of phenols is 1. The van der Waals surface area contributed by atoms with Gasteiger partial charge < -0.3 is 20.1 Å². The summed E-state index contributed by atoms with van der Waals surface area (Å²) in [5.74, 6) is 1.13. The van der Waals surface area contributed by atoms with Crippen LogP contribution in [0.15, 0.2) is 42.5 Å². The lowest BCUT2D eigenvalue weighted by molar-refractivity contribution is 0.121. The highest BCUT2D eigenvalue weighted by atomic mass is 16.5. The van der Waals surface area contributed by atoms with Crippen LogP contribution in [0.1, 0.15) is 16.7 Å². The molecule has 2 aromatic rings. The summed E-state index contributed by atoms with van der Waals surface area (Å²) in [7, 11) is 1.53. The number of aryl methyl sites for hydroxylation is 1. The van der Waals surface area contributed by atoms with Crippen LogP contribution in [0.25, 0.3) is 0 Å². The molecule has 0 radical (unpaired) electrons. The van der Waals surface area contributed by atoms with Gasteiger partial charge in [0.25, 0.3) is 0 Å². The Hall–Kier alpha value is -2.69. The second kappa shape index (κ2) is 8.13. The molecule has 1 aliphatic rings. The molecule has 1 heterocycles. The summed E-state index contributed by atoms with van der Waals surface area (Å²) in [6.07, 6.45) is 1.72. The Kier molecular flexibility index (Phi) is 5.66. The minimum absolute atomic E-state index is 0.00380. The van der Waals surface area contributed by atoms with Crippen LogP contribution in [0.5, 0.6) is 11.5 Å². The third kappa shape index (κ3) is 4.48. The summed E-state index contributed by atoms with van der Waals surface area (Å²) < 4.78 is 5.10. The Balaban J connectivity index is 1.38. The molecule has 0 bridgehead atoms. The van der Waals surface area contributed by atoms with E-state index in [-0.39, 0.29) is 11.8 Å². The molecule has 138 valence electrons. The van der Waals surface area contributed by atoms with Crippen LogP contribution >= 0.6 is 0 Å². The van der Waals surface area contributed by atoms with E-state index in [9.17, 15) is 9.90 Å². The maximum absolute atomic E-state index is 12.2. The lowest BCUT2D eigenvalue weighted by Gasteiger charge is -2.39. The van der Waals surface area contributed by atoms with Gasteiger partial charge in [-0.2, -0.15) is 0 Å². The van der Waals surface area contributed by atoms with E-state index in [1.165, 1.54) is 18.2 Å². The quantitative estimate of drug-likeness (QED) is 0.838. The van der Waals surface area contributed by atoms with Gasteiger partial charge in [-0.3, -0.25) is 0 Å². The first-order chi connectivity index (χ1) is 12.5. The average molecular weight is 354 g/mol. The number of rotatable bonds is 6. The summed E-state index contributed by atoms with van der Waals surface area (Å²) >= 11 is 0. The Morgan fingerprint density at radius 1 is 1.19 bits per heavy atom. The Morgan fingerprint density at radius 3 is 2.58 bits per heavy atom. The van der Waals surface area contributed by atoms with Crippen molar-refractivity contribution < 1.29 is 14.6 Å². The van der Waals surface area contributed by atoms with E-state index < -0.39 is 0 Å². The summed E-state index contributed by atoms with van der Waals surface area (Å²) in [5.41, 5.74) is 3.62. The van der Waals surface area contributed by atoms with Crippen molar-refractivity contribution in [3.8, 4) is 11.5 Å². The molecule has 1 saturated heterocycles. The lowest BCUT2D eigenvalue weighted by Crippen LogP contribution is -2.54. The Morgan fingerprint density at radius 2 is 1.88 bits per heavy atom. The van der Waals surface area contributed by atoms with Crippen LogP contribution in [0.4, 0.5) is 4.79 Å². The van der Waals surface area contributed by atoms with Crippen LogP contribution in [0.2, 0.25) is 0 Å². The SMILES string of the molecule is COc1cc(CCNC(=O)N2CC(Cc3ccc(C)cc3)C2)ccc1O. The van der Waals surface area contributed by atoms with Gasteiger partial charge in [0.1, 0.15) is 0 Å². The third-order valence-corrected chi connectivity index (χ3v) is 4.82. The predicted octanol–water partition coefficient (Wildman–Crippen LogP) is 3.14. The molecule has 0 spiro atoms. The van der Waals surface area contributed by atoms with Crippen molar-refractivity contribution in [3.05, 3.63) is 59.2 Å². The smallest absolute Gasteiger partial charge is 0.317 e. The number of hydrogen-bond acceptors (Lipinski definition) is 3. The maximum atomic E-state index is 12.2. The first-order valence-electron chi connectivity index (χ1n) is 8.99. The van der Waals surface area contributed by atoms with Crippen LogP contribution in [0, 0.1) is 12.8 Å². The van der Waals surface area contributed by atoms with Crippen molar-refractivity contribution in [2.24, 2.45) is 5.92 Å². The number of nitrogens with one attached hydrogen (secondary N) is 1. The minimum atomic E-state index is -0.00380. The summed E-state index contributed by atoms with van der Waals surface area (Å²) in [4.78, 5) is 14.0. The van der Waals surface area contributed by atoms with Crippen molar-refractivity contribution in [1.29, 1.82) is 0 Å². The third-order valence-electron chi connectivity index (χ3n) is 4.82. The number of benzene rings is 2. The number of methoxy groups -OCH3 is 1. The van der Waals surface area contributed by atoms with Crippen molar-refractivity contribution in [1.82, 2.24) is 10.2 Å². The number of amides is 2. The Bertz CT molecular complexity index is 752. The fraction of sp³-hybridized carbons (Fsp3) is 0.381. The van der Waals surface area contributed by atoms with E-state index in [2.05, 4.69) is 36.5 Å². The number of carbonyl (C=O) groups is 1. The first kappa shape index (κ1) is 18.1. The average Bonchev–Trinajstić information content (AvgIpc) is 2.60. The number of nitrogens with zero attached hydrogens (tertiary/aromatic N) is 1. The van der Waals surface area contributed by atoms with Crippen LogP contribution in [0.3, 0.4) is 0 Å². The molecule has 5 heteroatoms. The number of ether oxygens (including phenoxy) is 1. The van der Waals surface area contributed by atoms with E-state index in [1.54, 1.807) is 12.1 Å². The number of carbonyl (C=O) groups excluding carboxylic acids is 1. The van der Waals surface area contributed by atoms with E-state index in [4.69, 9.17) is 4.74 Å². The standard InChI is InChI=1S/C21H26N2O3/c1-15-3-5-16(6-4-15)11-18-13-23(14-18)21(25)22-10-9-17-7-8-19(24)20(12-17)26-2/h3-8,12,18,24H,9-11,13-14H2,1-2H3,(H,22,25). The van der Waals surface area contributed by atoms with Crippen molar-refractivity contribution in [2.45, 2.75) is 19.8 Å². The fourth-order valence-electron chi connectivity index (χ4n) is 3.23. The number of urea groups is 1. The monoisotopic (exact) mass is 354 g/mol. The molecule has 0 aromatic heterocycles. The zero-order valence-corrected chi connectivity index (χ0v) is 15.4. The highest BCUT2D eigenvalue weighted by Crippen LogP contribution is 2.26. The van der Waals surface area contributed by atoms with Gasteiger partial charge in [-0.25, -0.2) is 4.79 Å². The fourth-order valence-corrected chi connectivity index (χ4v) is 3.23. The van der Waals surface area contributed by atoms with Gasteiger partial charge in [0.2, 0.25) is 0 Å². The van der Waals surface area contributed by atoms with Crippen molar-refractivity contribution in [3.63, 3.8) is 0 Å². The molecule has 0 saturated carbocycles. The lowest BCUT2D eigenvalue weighted by atomic mass is 9.92. The highest BCUT2D eigenvalue weighted by Gasteiger charge is 2.30. The van der Waals surface area contributed by atoms with Crippen LogP contribution in [-0.2, 0) is 12.8 Å². The molecular weight excluding hydrogens is 328 g/mol. The number of aromatic hydroxyl groups is 1. The number of hydrogen-bond donors (Lipinski definition) is 2. The zero-order chi connectivity index (χ0) is 18.5. The minimum Gasteiger partial charge on any atom is -0.504 e.